The number of aryl methyl sites for hydroxylation is 2. The Hall–Kier alpha value is -3.29. The average molecular weight is 397 g/mol. The predicted octanol–water partition coefficient (Wildman–Crippen LogP) is 2.99. The predicted molar refractivity (Wildman–Crippen MR) is 107 cm³/mol. The van der Waals surface area contributed by atoms with Crippen molar-refractivity contribution in [1.29, 1.82) is 0 Å². The van der Waals surface area contributed by atoms with Crippen LogP contribution in [0.5, 0.6) is 5.75 Å². The maximum absolute atomic E-state index is 13.3. The fraction of sp³-hybridized carbons (Fsp3) is 0.333. The Morgan fingerprint density at radius 1 is 1.21 bits per heavy atom. The van der Waals surface area contributed by atoms with Gasteiger partial charge in [0.05, 0.1) is 6.61 Å². The monoisotopic (exact) mass is 397 g/mol. The van der Waals surface area contributed by atoms with Crippen molar-refractivity contribution >= 4 is 5.91 Å². The van der Waals surface area contributed by atoms with Crippen molar-refractivity contribution in [3.8, 4) is 17.1 Å². The van der Waals surface area contributed by atoms with Gasteiger partial charge in [-0.05, 0) is 67.3 Å². The standard InChI is InChI=1S/C21H24FN5O2/c1-14-10-15(2)16(3)19(11-14)29-9-5-8-23-20(28)13-27-25-21(24-26-27)17-6-4-7-18(22)12-17/h4,6-7,10-12H,5,8-9,13H2,1-3H3,(H,23,28). The number of amides is 1. The number of nitrogens with one attached hydrogen (secondary N) is 1. The van der Waals surface area contributed by atoms with Crippen molar-refractivity contribution in [1.82, 2.24) is 25.5 Å². The van der Waals surface area contributed by atoms with E-state index in [0.717, 1.165) is 16.9 Å². The second kappa shape index (κ2) is 9.27. The van der Waals surface area contributed by atoms with E-state index >= 15 is 0 Å². The maximum Gasteiger partial charge on any atom is 0.243 e. The largest absolute Gasteiger partial charge is 0.493 e. The molecule has 3 aromatic rings. The van der Waals surface area contributed by atoms with E-state index in [1.807, 2.05) is 19.9 Å². The summed E-state index contributed by atoms with van der Waals surface area (Å²) in [4.78, 5) is 13.2. The van der Waals surface area contributed by atoms with Crippen LogP contribution in [0, 0.1) is 26.6 Å². The van der Waals surface area contributed by atoms with Crippen LogP contribution in [0.4, 0.5) is 4.39 Å². The van der Waals surface area contributed by atoms with Gasteiger partial charge in [-0.2, -0.15) is 4.80 Å². The second-order valence-electron chi connectivity index (χ2n) is 6.91. The molecule has 152 valence electrons. The number of halogens is 1. The summed E-state index contributed by atoms with van der Waals surface area (Å²) < 4.78 is 19.1. The average Bonchev–Trinajstić information content (AvgIpc) is 3.13. The van der Waals surface area contributed by atoms with Crippen LogP contribution in [0.25, 0.3) is 11.4 Å². The Morgan fingerprint density at radius 3 is 2.83 bits per heavy atom. The van der Waals surface area contributed by atoms with Gasteiger partial charge in [0.1, 0.15) is 18.1 Å². The first-order chi connectivity index (χ1) is 13.9. The van der Waals surface area contributed by atoms with E-state index in [9.17, 15) is 9.18 Å². The molecule has 29 heavy (non-hydrogen) atoms. The summed E-state index contributed by atoms with van der Waals surface area (Å²) in [6.07, 6.45) is 0.678. The number of hydrogen-bond donors (Lipinski definition) is 1. The first-order valence-electron chi connectivity index (χ1n) is 9.43. The van der Waals surface area contributed by atoms with Crippen LogP contribution in [-0.4, -0.2) is 39.3 Å². The van der Waals surface area contributed by atoms with Gasteiger partial charge in [-0.25, -0.2) is 4.39 Å². The topological polar surface area (TPSA) is 81.9 Å². The molecule has 0 saturated carbocycles. The van der Waals surface area contributed by atoms with Crippen LogP contribution in [0.2, 0.25) is 0 Å². The van der Waals surface area contributed by atoms with Crippen LogP contribution >= 0.6 is 0 Å². The smallest absolute Gasteiger partial charge is 0.243 e. The number of benzene rings is 2. The van der Waals surface area contributed by atoms with Crippen LogP contribution in [-0.2, 0) is 11.3 Å². The Balaban J connectivity index is 1.42. The molecular weight excluding hydrogens is 373 g/mol. The van der Waals surface area contributed by atoms with Crippen molar-refractivity contribution in [3.63, 3.8) is 0 Å². The Morgan fingerprint density at radius 2 is 2.03 bits per heavy atom. The van der Waals surface area contributed by atoms with Crippen LogP contribution in [0.1, 0.15) is 23.1 Å². The Kier molecular flexibility index (Phi) is 6.54. The van der Waals surface area contributed by atoms with Gasteiger partial charge in [0.15, 0.2) is 0 Å². The summed E-state index contributed by atoms with van der Waals surface area (Å²) in [6.45, 7) is 7.07. The van der Waals surface area contributed by atoms with Gasteiger partial charge in [-0.15, -0.1) is 10.2 Å². The molecule has 0 aliphatic heterocycles. The van der Waals surface area contributed by atoms with E-state index in [4.69, 9.17) is 4.74 Å². The maximum atomic E-state index is 13.3. The van der Waals surface area contributed by atoms with E-state index in [1.54, 1.807) is 12.1 Å². The summed E-state index contributed by atoms with van der Waals surface area (Å²) >= 11 is 0. The Bertz CT molecular complexity index is 1000. The molecule has 8 heteroatoms. The summed E-state index contributed by atoms with van der Waals surface area (Å²) in [6, 6.07) is 10.1. The lowest BCUT2D eigenvalue weighted by Crippen LogP contribution is -2.30. The molecule has 0 aliphatic carbocycles. The first kappa shape index (κ1) is 20.4. The van der Waals surface area contributed by atoms with E-state index in [2.05, 4.69) is 33.7 Å². The minimum absolute atomic E-state index is 0.0562. The van der Waals surface area contributed by atoms with Crippen molar-refractivity contribution in [2.75, 3.05) is 13.2 Å². The third-order valence-electron chi connectivity index (χ3n) is 4.49. The van der Waals surface area contributed by atoms with Gasteiger partial charge >= 0.3 is 0 Å². The van der Waals surface area contributed by atoms with Crippen molar-refractivity contribution in [2.24, 2.45) is 0 Å². The number of hydrogen-bond acceptors (Lipinski definition) is 5. The SMILES string of the molecule is Cc1cc(C)c(C)c(OCCCNC(=O)Cn2nnc(-c3cccc(F)c3)n2)c1. The number of ether oxygens (including phenoxy) is 1. The zero-order valence-electron chi connectivity index (χ0n) is 16.8. The summed E-state index contributed by atoms with van der Waals surface area (Å²) in [5.41, 5.74) is 4.00. The second-order valence-corrected chi connectivity index (χ2v) is 6.91. The lowest BCUT2D eigenvalue weighted by Gasteiger charge is -2.12. The molecule has 0 saturated heterocycles. The normalized spacial score (nSPS) is 10.8. The molecule has 0 spiro atoms. The number of carbonyl (C=O) groups is 1. The molecule has 0 radical (unpaired) electrons. The number of carbonyl (C=O) groups excluding carboxylic acids is 1. The molecule has 0 atom stereocenters. The van der Waals surface area contributed by atoms with Gasteiger partial charge in [0.2, 0.25) is 11.7 Å². The van der Waals surface area contributed by atoms with Gasteiger partial charge in [0, 0.05) is 12.1 Å². The lowest BCUT2D eigenvalue weighted by molar-refractivity contribution is -0.122. The molecule has 2 aromatic carbocycles. The quantitative estimate of drug-likeness (QED) is 0.591. The number of aromatic nitrogens is 4. The molecule has 0 unspecified atom stereocenters. The van der Waals surface area contributed by atoms with Crippen molar-refractivity contribution < 1.29 is 13.9 Å². The molecule has 1 amide bonds. The summed E-state index contributed by atoms with van der Waals surface area (Å²) in [5, 5.41) is 14.6. The van der Waals surface area contributed by atoms with Crippen LogP contribution < -0.4 is 10.1 Å². The number of tetrazole rings is 1. The third kappa shape index (κ3) is 5.60. The molecule has 0 fully saturated rings. The highest BCUT2D eigenvalue weighted by Crippen LogP contribution is 2.23. The molecule has 1 N–H and O–H groups in total. The molecule has 3 rings (SSSR count). The van der Waals surface area contributed by atoms with E-state index < -0.39 is 0 Å². The Labute approximate surface area is 168 Å². The molecule has 7 nitrogen and oxygen atoms in total. The van der Waals surface area contributed by atoms with Gasteiger partial charge in [-0.3, -0.25) is 4.79 Å². The zero-order chi connectivity index (χ0) is 20.8. The highest BCUT2D eigenvalue weighted by molar-refractivity contribution is 5.75. The van der Waals surface area contributed by atoms with Gasteiger partial charge < -0.3 is 10.1 Å². The third-order valence-corrected chi connectivity index (χ3v) is 4.49. The van der Waals surface area contributed by atoms with Gasteiger partial charge in [0.25, 0.3) is 0 Å². The minimum Gasteiger partial charge on any atom is -0.493 e. The van der Waals surface area contributed by atoms with Crippen molar-refractivity contribution in [3.05, 3.63) is 58.9 Å². The highest BCUT2D eigenvalue weighted by atomic mass is 19.1. The molecule has 0 bridgehead atoms. The van der Waals surface area contributed by atoms with Crippen molar-refractivity contribution in [2.45, 2.75) is 33.7 Å². The molecule has 1 heterocycles. The van der Waals surface area contributed by atoms with Crippen LogP contribution in [0.15, 0.2) is 36.4 Å². The molecule has 1 aromatic heterocycles. The van der Waals surface area contributed by atoms with Gasteiger partial charge in [-0.1, -0.05) is 18.2 Å². The summed E-state index contributed by atoms with van der Waals surface area (Å²) in [5.74, 6) is 0.547. The highest BCUT2D eigenvalue weighted by Gasteiger charge is 2.10. The minimum atomic E-state index is -0.380. The van der Waals surface area contributed by atoms with E-state index in [1.165, 1.54) is 22.5 Å². The lowest BCUT2D eigenvalue weighted by atomic mass is 10.1. The van der Waals surface area contributed by atoms with E-state index in [0.29, 0.717) is 25.1 Å². The summed E-state index contributed by atoms with van der Waals surface area (Å²) in [7, 11) is 0. The fourth-order valence-electron chi connectivity index (χ4n) is 2.87. The molecular formula is C21H24FN5O2. The fourth-order valence-corrected chi connectivity index (χ4v) is 2.87. The number of rotatable bonds is 8. The van der Waals surface area contributed by atoms with E-state index in [-0.39, 0.29) is 24.1 Å². The number of nitrogens with zero attached hydrogens (tertiary/aromatic N) is 4. The molecule has 0 aliphatic rings. The first-order valence-corrected chi connectivity index (χ1v) is 9.43. The van der Waals surface area contributed by atoms with Crippen LogP contribution in [0.3, 0.4) is 0 Å². The zero-order valence-corrected chi connectivity index (χ0v) is 16.8.